The molecule has 0 atom stereocenters. The average Bonchev–Trinajstić information content (AvgIpc) is 2.67. The maximum Gasteiger partial charge on any atom is 0.243 e. The summed E-state index contributed by atoms with van der Waals surface area (Å²) in [6, 6.07) is 6.46. The fourth-order valence-electron chi connectivity index (χ4n) is 6.22. The molecule has 1 aromatic carbocycles. The van der Waals surface area contributed by atoms with Gasteiger partial charge in [-0.3, -0.25) is 4.79 Å². The van der Waals surface area contributed by atoms with Gasteiger partial charge in [0.1, 0.15) is 0 Å². The van der Waals surface area contributed by atoms with Gasteiger partial charge in [-0.25, -0.2) is 8.42 Å². The molecule has 4 saturated carbocycles. The number of nitrogens with one attached hydrogen (secondary N) is 2. The zero-order chi connectivity index (χ0) is 20.6. The molecule has 0 unspecified atom stereocenters. The van der Waals surface area contributed by atoms with E-state index in [0.29, 0.717) is 25.3 Å². The van der Waals surface area contributed by atoms with Gasteiger partial charge >= 0.3 is 0 Å². The first kappa shape index (κ1) is 20.8. The Balaban J connectivity index is 1.33. The molecular weight excluding hydrogens is 386 g/mol. The number of rotatable bonds is 8. The van der Waals surface area contributed by atoms with Crippen LogP contribution in [-0.2, 0) is 14.8 Å². The average molecular weight is 420 g/mol. The van der Waals surface area contributed by atoms with E-state index in [1.165, 1.54) is 42.8 Å². The molecule has 0 saturated heterocycles. The van der Waals surface area contributed by atoms with E-state index in [1.807, 2.05) is 13.8 Å². The highest BCUT2D eigenvalue weighted by Gasteiger charge is 2.50. The van der Waals surface area contributed by atoms with Crippen LogP contribution >= 0.6 is 0 Å². The summed E-state index contributed by atoms with van der Waals surface area (Å²) in [7, 11) is -3.47. The Bertz CT molecular complexity index is 811. The lowest BCUT2D eigenvalue weighted by molar-refractivity contribution is -0.116. The van der Waals surface area contributed by atoms with Gasteiger partial charge in [0.25, 0.3) is 0 Å². The number of sulfonamides is 1. The normalized spacial score (nSPS) is 30.7. The summed E-state index contributed by atoms with van der Waals surface area (Å²) in [6.07, 6.45) is 7.79. The molecule has 0 aromatic heterocycles. The Morgan fingerprint density at radius 1 is 1.00 bits per heavy atom. The van der Waals surface area contributed by atoms with Gasteiger partial charge in [0, 0.05) is 24.3 Å². The van der Waals surface area contributed by atoms with Crippen LogP contribution < -0.4 is 10.6 Å². The van der Waals surface area contributed by atoms with Gasteiger partial charge in [-0.15, -0.1) is 0 Å². The fourth-order valence-corrected chi connectivity index (χ4v) is 7.68. The summed E-state index contributed by atoms with van der Waals surface area (Å²) in [5, 5.41) is 6.50. The highest BCUT2D eigenvalue weighted by Crippen LogP contribution is 2.55. The smallest absolute Gasteiger partial charge is 0.243 e. The molecule has 4 fully saturated rings. The molecule has 0 radical (unpaired) electrons. The Kier molecular flexibility index (Phi) is 5.75. The first-order chi connectivity index (χ1) is 13.8. The largest absolute Gasteiger partial charge is 0.325 e. The monoisotopic (exact) mass is 419 g/mol. The van der Waals surface area contributed by atoms with Gasteiger partial charge in [-0.1, -0.05) is 13.8 Å². The highest BCUT2D eigenvalue weighted by atomic mass is 32.2. The molecule has 4 aliphatic rings. The van der Waals surface area contributed by atoms with E-state index in [2.05, 4.69) is 10.6 Å². The molecule has 29 heavy (non-hydrogen) atoms. The molecule has 6 nitrogen and oxygen atoms in total. The molecule has 0 aliphatic heterocycles. The van der Waals surface area contributed by atoms with Crippen molar-refractivity contribution in [3.8, 4) is 0 Å². The number of benzene rings is 1. The third-order valence-electron chi connectivity index (χ3n) is 7.14. The first-order valence-corrected chi connectivity index (χ1v) is 12.4. The van der Waals surface area contributed by atoms with Gasteiger partial charge in [0.2, 0.25) is 15.9 Å². The molecule has 160 valence electrons. The predicted molar refractivity (Wildman–Crippen MR) is 114 cm³/mol. The molecule has 1 amide bonds. The molecule has 1 aromatic rings. The zero-order valence-corrected chi connectivity index (χ0v) is 18.3. The summed E-state index contributed by atoms with van der Waals surface area (Å²) < 4.78 is 26.6. The second-order valence-electron chi connectivity index (χ2n) is 9.21. The quantitative estimate of drug-likeness (QED) is 0.678. The van der Waals surface area contributed by atoms with Crippen LogP contribution in [0.25, 0.3) is 0 Å². The van der Waals surface area contributed by atoms with Crippen molar-refractivity contribution in [3.63, 3.8) is 0 Å². The third-order valence-corrected chi connectivity index (χ3v) is 9.21. The molecule has 7 heteroatoms. The number of carbonyl (C=O) groups excluding carboxylic acids is 1. The molecule has 0 spiro atoms. The molecule has 4 bridgehead atoms. The minimum Gasteiger partial charge on any atom is -0.325 e. The molecule has 0 heterocycles. The maximum atomic E-state index is 12.6. The number of nitrogens with zero attached hydrogens (tertiary/aromatic N) is 1. The van der Waals surface area contributed by atoms with Crippen LogP contribution in [0, 0.1) is 17.8 Å². The standard InChI is InChI=1S/C22H33N3O3S/c1-3-25(4-2)29(27,28)20-7-5-19(6-8-20)24-21(26)15-23-22-12-16-9-17(13-22)11-18(10-16)14-22/h5-8,16-18,23H,3-4,9-15H2,1-2H3,(H,24,26). The lowest BCUT2D eigenvalue weighted by Gasteiger charge is -2.57. The summed E-state index contributed by atoms with van der Waals surface area (Å²) in [5.74, 6) is 2.46. The zero-order valence-electron chi connectivity index (χ0n) is 17.5. The van der Waals surface area contributed by atoms with Crippen molar-refractivity contribution in [2.24, 2.45) is 17.8 Å². The minimum absolute atomic E-state index is 0.0694. The van der Waals surface area contributed by atoms with E-state index in [-0.39, 0.29) is 16.3 Å². The molecule has 4 aliphatic carbocycles. The highest BCUT2D eigenvalue weighted by molar-refractivity contribution is 7.89. The number of amides is 1. The van der Waals surface area contributed by atoms with E-state index in [9.17, 15) is 13.2 Å². The van der Waals surface area contributed by atoms with E-state index in [0.717, 1.165) is 17.8 Å². The Morgan fingerprint density at radius 2 is 1.52 bits per heavy atom. The lowest BCUT2D eigenvalue weighted by Crippen LogP contribution is -2.59. The van der Waals surface area contributed by atoms with Crippen LogP contribution in [0.15, 0.2) is 29.2 Å². The second-order valence-corrected chi connectivity index (χ2v) is 11.2. The summed E-state index contributed by atoms with van der Waals surface area (Å²) >= 11 is 0. The maximum absolute atomic E-state index is 12.6. The van der Waals surface area contributed by atoms with E-state index in [4.69, 9.17) is 0 Å². The number of hydrogen-bond acceptors (Lipinski definition) is 4. The van der Waals surface area contributed by atoms with Crippen molar-refractivity contribution in [1.29, 1.82) is 0 Å². The van der Waals surface area contributed by atoms with Crippen molar-refractivity contribution in [2.75, 3.05) is 25.0 Å². The van der Waals surface area contributed by atoms with Crippen LogP contribution in [0.5, 0.6) is 0 Å². The number of anilines is 1. The Labute approximate surface area is 174 Å². The number of hydrogen-bond donors (Lipinski definition) is 2. The number of carbonyl (C=O) groups is 1. The summed E-state index contributed by atoms with van der Waals surface area (Å²) in [5.41, 5.74) is 0.786. The van der Waals surface area contributed by atoms with Gasteiger partial charge in [0.15, 0.2) is 0 Å². The van der Waals surface area contributed by atoms with E-state index in [1.54, 1.807) is 24.3 Å². The van der Waals surface area contributed by atoms with Gasteiger partial charge in [-0.2, -0.15) is 4.31 Å². The Hall–Kier alpha value is -1.44. The molecular formula is C22H33N3O3S. The molecule has 5 rings (SSSR count). The predicted octanol–water partition coefficient (Wildman–Crippen LogP) is 3.21. The van der Waals surface area contributed by atoms with Crippen molar-refractivity contribution in [3.05, 3.63) is 24.3 Å². The topological polar surface area (TPSA) is 78.5 Å². The second kappa shape index (κ2) is 8.00. The van der Waals surface area contributed by atoms with Gasteiger partial charge in [0.05, 0.1) is 11.4 Å². The van der Waals surface area contributed by atoms with Crippen LogP contribution in [0.3, 0.4) is 0 Å². The van der Waals surface area contributed by atoms with E-state index < -0.39 is 10.0 Å². The third kappa shape index (κ3) is 4.23. The van der Waals surface area contributed by atoms with Crippen LogP contribution in [0.1, 0.15) is 52.4 Å². The Morgan fingerprint density at radius 3 is 2.00 bits per heavy atom. The summed E-state index contributed by atoms with van der Waals surface area (Å²) in [4.78, 5) is 12.7. The fraction of sp³-hybridized carbons (Fsp3) is 0.682. The van der Waals surface area contributed by atoms with Gasteiger partial charge < -0.3 is 10.6 Å². The van der Waals surface area contributed by atoms with E-state index >= 15 is 0 Å². The van der Waals surface area contributed by atoms with Crippen molar-refractivity contribution in [1.82, 2.24) is 9.62 Å². The first-order valence-electron chi connectivity index (χ1n) is 11.0. The summed E-state index contributed by atoms with van der Waals surface area (Å²) in [6.45, 7) is 4.84. The van der Waals surface area contributed by atoms with Gasteiger partial charge in [-0.05, 0) is 80.5 Å². The van der Waals surface area contributed by atoms with Crippen molar-refractivity contribution >= 4 is 21.6 Å². The van der Waals surface area contributed by atoms with Crippen LogP contribution in [0.4, 0.5) is 5.69 Å². The van der Waals surface area contributed by atoms with Crippen LogP contribution in [0.2, 0.25) is 0 Å². The minimum atomic E-state index is -3.47. The van der Waals surface area contributed by atoms with Crippen LogP contribution in [-0.4, -0.2) is 43.8 Å². The SMILES string of the molecule is CCN(CC)S(=O)(=O)c1ccc(NC(=O)CNC23CC4CC(CC(C4)C2)C3)cc1. The molecule has 2 N–H and O–H groups in total. The lowest BCUT2D eigenvalue weighted by atomic mass is 9.53. The van der Waals surface area contributed by atoms with Crippen molar-refractivity contribution in [2.45, 2.75) is 62.8 Å². The van der Waals surface area contributed by atoms with Crippen molar-refractivity contribution < 1.29 is 13.2 Å².